The molecular formula is C58H39NO. The number of hydrogen-bond acceptors (Lipinski definition) is 2. The van der Waals surface area contributed by atoms with Crippen LogP contribution in [-0.2, 0) is 0 Å². The molecule has 2 nitrogen and oxygen atoms in total. The fraction of sp³-hybridized carbons (Fsp3) is 0. The molecule has 1 aromatic heterocycles. The molecular weight excluding hydrogens is 727 g/mol. The van der Waals surface area contributed by atoms with E-state index in [-0.39, 0.29) is 0 Å². The topological polar surface area (TPSA) is 16.4 Å². The molecule has 0 saturated heterocycles. The number of anilines is 3. The average molecular weight is 766 g/mol. The predicted octanol–water partition coefficient (Wildman–Crippen LogP) is 16.5. The first-order valence-electron chi connectivity index (χ1n) is 20.5. The first-order chi connectivity index (χ1) is 29.7. The molecule has 282 valence electrons. The summed E-state index contributed by atoms with van der Waals surface area (Å²) in [5, 5.41) is 4.65. The van der Waals surface area contributed by atoms with Gasteiger partial charge >= 0.3 is 0 Å². The minimum atomic E-state index is 0.904. The number of nitrogens with zero attached hydrogens (tertiary/aromatic N) is 1. The third-order valence-corrected chi connectivity index (χ3v) is 11.7. The molecule has 0 bridgehead atoms. The molecule has 2 heteroatoms. The van der Waals surface area contributed by atoms with E-state index in [2.05, 4.69) is 241 Å². The standard InChI is InChI=1S/C58H39NO/c1-4-14-40(15-5-1)41-26-28-42(29-27-41)46-22-12-23-50(36-46)59(51-34-35-52(43-16-6-2-7-17-43)55(39-51)44-18-8-3-9-19-44)49-32-30-45(31-33-49)53-24-13-25-54-56-37-47-20-10-11-21-48(47)38-57(56)60-58(53)54/h1-39H. The van der Waals surface area contributed by atoms with Gasteiger partial charge in [0.05, 0.1) is 0 Å². The minimum absolute atomic E-state index is 0.904. The van der Waals surface area contributed by atoms with Crippen molar-refractivity contribution in [2.24, 2.45) is 0 Å². The van der Waals surface area contributed by atoms with Gasteiger partial charge < -0.3 is 9.32 Å². The summed E-state index contributed by atoms with van der Waals surface area (Å²) < 4.78 is 6.64. The van der Waals surface area contributed by atoms with Crippen LogP contribution >= 0.6 is 0 Å². The summed E-state index contributed by atoms with van der Waals surface area (Å²) in [6, 6.07) is 84.8. The molecule has 0 aliphatic heterocycles. The maximum absolute atomic E-state index is 6.64. The summed E-state index contributed by atoms with van der Waals surface area (Å²) in [4.78, 5) is 2.38. The summed E-state index contributed by atoms with van der Waals surface area (Å²) in [6.45, 7) is 0. The number of para-hydroxylation sites is 1. The fourth-order valence-electron chi connectivity index (χ4n) is 8.66. The van der Waals surface area contributed by atoms with Crippen LogP contribution in [0.2, 0.25) is 0 Å². The van der Waals surface area contributed by atoms with Crippen molar-refractivity contribution in [2.45, 2.75) is 0 Å². The Balaban J connectivity index is 1.04. The molecule has 0 unspecified atom stereocenters. The Hall–Kier alpha value is -7.94. The van der Waals surface area contributed by atoms with Crippen LogP contribution in [-0.4, -0.2) is 0 Å². The van der Waals surface area contributed by atoms with Crippen molar-refractivity contribution in [3.8, 4) is 55.6 Å². The lowest BCUT2D eigenvalue weighted by molar-refractivity contribution is 0.670. The van der Waals surface area contributed by atoms with Crippen LogP contribution < -0.4 is 4.90 Å². The van der Waals surface area contributed by atoms with Crippen LogP contribution in [0, 0.1) is 0 Å². The van der Waals surface area contributed by atoms with E-state index in [1.807, 2.05) is 0 Å². The van der Waals surface area contributed by atoms with E-state index >= 15 is 0 Å². The molecule has 0 aliphatic carbocycles. The average Bonchev–Trinajstić information content (AvgIpc) is 3.69. The van der Waals surface area contributed by atoms with E-state index in [1.165, 1.54) is 49.7 Å². The second-order valence-electron chi connectivity index (χ2n) is 15.3. The van der Waals surface area contributed by atoms with Crippen LogP contribution in [0.25, 0.3) is 88.3 Å². The van der Waals surface area contributed by atoms with Gasteiger partial charge in [0.1, 0.15) is 11.2 Å². The van der Waals surface area contributed by atoms with Gasteiger partial charge in [-0.1, -0.05) is 188 Å². The van der Waals surface area contributed by atoms with Crippen molar-refractivity contribution in [3.05, 3.63) is 237 Å². The second kappa shape index (κ2) is 15.1. The van der Waals surface area contributed by atoms with Crippen molar-refractivity contribution >= 4 is 49.8 Å². The predicted molar refractivity (Wildman–Crippen MR) is 253 cm³/mol. The van der Waals surface area contributed by atoms with Crippen LogP contribution in [0.15, 0.2) is 241 Å². The summed E-state index contributed by atoms with van der Waals surface area (Å²) in [5.74, 6) is 0. The molecule has 60 heavy (non-hydrogen) atoms. The van der Waals surface area contributed by atoms with Gasteiger partial charge in [-0.15, -0.1) is 0 Å². The maximum Gasteiger partial charge on any atom is 0.143 e. The van der Waals surface area contributed by atoms with Gasteiger partial charge in [0.25, 0.3) is 0 Å². The van der Waals surface area contributed by atoms with Crippen LogP contribution in [0.1, 0.15) is 0 Å². The van der Waals surface area contributed by atoms with Gasteiger partial charge in [0.15, 0.2) is 0 Å². The summed E-state index contributed by atoms with van der Waals surface area (Å²) in [6.07, 6.45) is 0. The Morgan fingerprint density at radius 3 is 1.47 bits per heavy atom. The number of benzene rings is 10. The Bertz CT molecular complexity index is 3280. The highest BCUT2D eigenvalue weighted by Gasteiger charge is 2.19. The molecule has 0 N–H and O–H groups in total. The molecule has 0 amide bonds. The molecule has 11 rings (SSSR count). The zero-order valence-electron chi connectivity index (χ0n) is 32.9. The molecule has 11 aromatic rings. The lowest BCUT2D eigenvalue weighted by atomic mass is 9.93. The quantitative estimate of drug-likeness (QED) is 0.153. The third-order valence-electron chi connectivity index (χ3n) is 11.7. The monoisotopic (exact) mass is 765 g/mol. The lowest BCUT2D eigenvalue weighted by Crippen LogP contribution is -2.10. The highest BCUT2D eigenvalue weighted by molar-refractivity contribution is 6.13. The van der Waals surface area contributed by atoms with Crippen molar-refractivity contribution in [3.63, 3.8) is 0 Å². The van der Waals surface area contributed by atoms with E-state index in [0.717, 1.165) is 55.7 Å². The Morgan fingerprint density at radius 2 is 0.767 bits per heavy atom. The second-order valence-corrected chi connectivity index (χ2v) is 15.3. The van der Waals surface area contributed by atoms with Crippen molar-refractivity contribution in [1.82, 2.24) is 0 Å². The molecule has 0 radical (unpaired) electrons. The fourth-order valence-corrected chi connectivity index (χ4v) is 8.66. The van der Waals surface area contributed by atoms with Gasteiger partial charge in [-0.2, -0.15) is 0 Å². The molecule has 0 fully saturated rings. The SMILES string of the molecule is c1ccc(-c2ccc(-c3cccc(N(c4ccc(-c5cccc6c5oc5cc7ccccc7cc56)cc4)c4ccc(-c5ccccc5)c(-c5ccccc5)c4)c3)cc2)cc1. The summed E-state index contributed by atoms with van der Waals surface area (Å²) in [7, 11) is 0. The first-order valence-corrected chi connectivity index (χ1v) is 20.5. The van der Waals surface area contributed by atoms with Crippen LogP contribution in [0.3, 0.4) is 0 Å². The van der Waals surface area contributed by atoms with Crippen LogP contribution in [0.4, 0.5) is 17.1 Å². The molecule has 10 aromatic carbocycles. The lowest BCUT2D eigenvalue weighted by Gasteiger charge is -2.27. The molecule has 1 heterocycles. The molecule has 0 atom stereocenters. The van der Waals surface area contributed by atoms with E-state index < -0.39 is 0 Å². The summed E-state index contributed by atoms with van der Waals surface area (Å²) >= 11 is 0. The number of furan rings is 1. The van der Waals surface area contributed by atoms with Crippen LogP contribution in [0.5, 0.6) is 0 Å². The van der Waals surface area contributed by atoms with E-state index in [1.54, 1.807) is 0 Å². The third kappa shape index (κ3) is 6.51. The zero-order valence-corrected chi connectivity index (χ0v) is 32.9. The normalized spacial score (nSPS) is 11.3. The van der Waals surface area contributed by atoms with Gasteiger partial charge in [0, 0.05) is 33.4 Å². The summed E-state index contributed by atoms with van der Waals surface area (Å²) in [5.41, 5.74) is 16.7. The number of rotatable bonds is 8. The maximum atomic E-state index is 6.64. The van der Waals surface area contributed by atoms with Crippen molar-refractivity contribution in [1.29, 1.82) is 0 Å². The zero-order chi connectivity index (χ0) is 39.8. The van der Waals surface area contributed by atoms with E-state index in [9.17, 15) is 0 Å². The molecule has 0 aliphatic rings. The largest absolute Gasteiger partial charge is 0.455 e. The highest BCUT2D eigenvalue weighted by Crippen LogP contribution is 2.43. The van der Waals surface area contributed by atoms with Gasteiger partial charge in [-0.25, -0.2) is 0 Å². The number of hydrogen-bond donors (Lipinski definition) is 0. The molecule has 0 saturated carbocycles. The molecule has 0 spiro atoms. The van der Waals surface area contributed by atoms with Gasteiger partial charge in [0.2, 0.25) is 0 Å². The van der Waals surface area contributed by atoms with Crippen molar-refractivity contribution in [2.75, 3.05) is 4.90 Å². The van der Waals surface area contributed by atoms with E-state index in [0.29, 0.717) is 0 Å². The first kappa shape index (κ1) is 35.2. The Labute approximate surface area is 349 Å². The number of fused-ring (bicyclic) bond motifs is 4. The van der Waals surface area contributed by atoms with Gasteiger partial charge in [-0.3, -0.25) is 0 Å². The Kier molecular flexibility index (Phi) is 8.87. The smallest absolute Gasteiger partial charge is 0.143 e. The van der Waals surface area contributed by atoms with Crippen molar-refractivity contribution < 1.29 is 4.42 Å². The minimum Gasteiger partial charge on any atom is -0.455 e. The van der Waals surface area contributed by atoms with E-state index in [4.69, 9.17) is 4.42 Å². The highest BCUT2D eigenvalue weighted by atomic mass is 16.3. The Morgan fingerprint density at radius 1 is 0.267 bits per heavy atom. The van der Waals surface area contributed by atoms with Gasteiger partial charge in [-0.05, 0) is 109 Å².